The van der Waals surface area contributed by atoms with Gasteiger partial charge in [-0.2, -0.15) is 0 Å². The minimum atomic E-state index is -3.79. The number of hydrogen-bond acceptors (Lipinski definition) is 4. The fourth-order valence-corrected chi connectivity index (χ4v) is 2.08. The van der Waals surface area contributed by atoms with Gasteiger partial charge in [-0.25, -0.2) is 18.5 Å². The lowest BCUT2D eigenvalue weighted by molar-refractivity contribution is 0.101. The van der Waals surface area contributed by atoms with Crippen molar-refractivity contribution in [2.24, 2.45) is 12.2 Å². The Labute approximate surface area is 110 Å². The number of aromatic nitrogens is 2. The van der Waals surface area contributed by atoms with Crippen molar-refractivity contribution in [1.82, 2.24) is 9.55 Å². The quantitative estimate of drug-likeness (QED) is 0.844. The van der Waals surface area contributed by atoms with Crippen molar-refractivity contribution < 1.29 is 13.2 Å². The Bertz CT molecular complexity index is 721. The lowest BCUT2D eigenvalue weighted by Gasteiger charge is -2.06. The summed E-state index contributed by atoms with van der Waals surface area (Å²) in [4.78, 5) is 15.7. The third kappa shape index (κ3) is 2.98. The minimum absolute atomic E-state index is 0.0599. The minimum Gasteiger partial charge on any atom is -0.330 e. The summed E-state index contributed by atoms with van der Waals surface area (Å²) in [6.45, 7) is 0. The molecule has 0 radical (unpaired) electrons. The molecule has 0 aliphatic carbocycles. The van der Waals surface area contributed by atoms with Crippen molar-refractivity contribution in [3.63, 3.8) is 0 Å². The smallest absolute Gasteiger partial charge is 0.273 e. The Kier molecular flexibility index (Phi) is 3.36. The highest BCUT2D eigenvalue weighted by atomic mass is 32.2. The number of rotatable bonds is 3. The van der Waals surface area contributed by atoms with Gasteiger partial charge in [-0.15, -0.1) is 0 Å². The zero-order valence-corrected chi connectivity index (χ0v) is 10.9. The highest BCUT2D eigenvalue weighted by molar-refractivity contribution is 7.89. The molecule has 0 atom stereocenters. The van der Waals surface area contributed by atoms with Gasteiger partial charge in [-0.1, -0.05) is 6.07 Å². The Morgan fingerprint density at radius 3 is 2.74 bits per heavy atom. The van der Waals surface area contributed by atoms with Crippen LogP contribution in [-0.4, -0.2) is 23.9 Å². The SMILES string of the molecule is Cn1cncc1C(=O)Nc1cccc(S(N)(=O)=O)c1. The van der Waals surface area contributed by atoms with Gasteiger partial charge in [0.15, 0.2) is 0 Å². The molecule has 1 heterocycles. The molecule has 7 nitrogen and oxygen atoms in total. The Morgan fingerprint density at radius 2 is 2.16 bits per heavy atom. The number of carbonyl (C=O) groups excluding carboxylic acids is 1. The summed E-state index contributed by atoms with van der Waals surface area (Å²) < 4.78 is 24.0. The molecule has 1 amide bonds. The molecule has 2 rings (SSSR count). The Balaban J connectivity index is 2.25. The fraction of sp³-hybridized carbons (Fsp3) is 0.0909. The predicted octanol–water partition coefficient (Wildman–Crippen LogP) is 0.320. The summed E-state index contributed by atoms with van der Waals surface area (Å²) in [6.07, 6.45) is 2.91. The van der Waals surface area contributed by atoms with Crippen LogP contribution in [0.3, 0.4) is 0 Å². The molecule has 0 aliphatic heterocycles. The average Bonchev–Trinajstić information content (AvgIpc) is 2.75. The van der Waals surface area contributed by atoms with Gasteiger partial charge >= 0.3 is 0 Å². The van der Waals surface area contributed by atoms with Crippen LogP contribution in [0.1, 0.15) is 10.5 Å². The van der Waals surface area contributed by atoms with Gasteiger partial charge in [0.05, 0.1) is 17.4 Å². The molecule has 0 fully saturated rings. The number of nitrogens with zero attached hydrogens (tertiary/aromatic N) is 2. The van der Waals surface area contributed by atoms with E-state index in [1.165, 1.54) is 30.7 Å². The van der Waals surface area contributed by atoms with E-state index in [-0.39, 0.29) is 10.8 Å². The van der Waals surface area contributed by atoms with Crippen molar-refractivity contribution in [1.29, 1.82) is 0 Å². The zero-order chi connectivity index (χ0) is 14.0. The van der Waals surface area contributed by atoms with Crippen LogP contribution in [0, 0.1) is 0 Å². The van der Waals surface area contributed by atoms with E-state index in [0.29, 0.717) is 11.4 Å². The van der Waals surface area contributed by atoms with E-state index in [0.717, 1.165) is 0 Å². The van der Waals surface area contributed by atoms with E-state index in [9.17, 15) is 13.2 Å². The van der Waals surface area contributed by atoms with Crippen LogP contribution in [0.2, 0.25) is 0 Å². The number of hydrogen-bond donors (Lipinski definition) is 2. The van der Waals surface area contributed by atoms with Crippen molar-refractivity contribution in [3.8, 4) is 0 Å². The monoisotopic (exact) mass is 280 g/mol. The van der Waals surface area contributed by atoms with Gasteiger partial charge in [0.2, 0.25) is 10.0 Å². The van der Waals surface area contributed by atoms with Crippen molar-refractivity contribution in [3.05, 3.63) is 42.5 Å². The van der Waals surface area contributed by atoms with E-state index in [1.54, 1.807) is 17.7 Å². The molecule has 8 heteroatoms. The summed E-state index contributed by atoms with van der Waals surface area (Å²) >= 11 is 0. The van der Waals surface area contributed by atoms with Crippen LogP contribution in [0.4, 0.5) is 5.69 Å². The lowest BCUT2D eigenvalue weighted by Crippen LogP contribution is -2.16. The first-order valence-corrected chi connectivity index (χ1v) is 6.83. The number of primary sulfonamides is 1. The molecular weight excluding hydrogens is 268 g/mol. The molecule has 0 spiro atoms. The van der Waals surface area contributed by atoms with Gasteiger partial charge in [0.25, 0.3) is 5.91 Å². The number of anilines is 1. The number of nitrogens with two attached hydrogens (primary N) is 1. The topological polar surface area (TPSA) is 107 Å². The maximum Gasteiger partial charge on any atom is 0.273 e. The highest BCUT2D eigenvalue weighted by Gasteiger charge is 2.12. The molecule has 0 unspecified atom stereocenters. The lowest BCUT2D eigenvalue weighted by atomic mass is 10.3. The van der Waals surface area contributed by atoms with Gasteiger partial charge < -0.3 is 9.88 Å². The first-order valence-electron chi connectivity index (χ1n) is 5.28. The number of sulfonamides is 1. The number of nitrogens with one attached hydrogen (secondary N) is 1. The Morgan fingerprint density at radius 1 is 1.42 bits per heavy atom. The van der Waals surface area contributed by atoms with Crippen LogP contribution >= 0.6 is 0 Å². The standard InChI is InChI=1S/C11H12N4O3S/c1-15-7-13-6-10(15)11(16)14-8-3-2-4-9(5-8)19(12,17)18/h2-7H,1H3,(H,14,16)(H2,12,17,18). The third-order valence-electron chi connectivity index (χ3n) is 2.47. The van der Waals surface area contributed by atoms with Gasteiger partial charge in [-0.3, -0.25) is 4.79 Å². The van der Waals surface area contributed by atoms with E-state index >= 15 is 0 Å². The average molecular weight is 280 g/mol. The summed E-state index contributed by atoms with van der Waals surface area (Å²) in [5, 5.41) is 7.60. The third-order valence-corrected chi connectivity index (χ3v) is 3.38. The normalized spacial score (nSPS) is 11.3. The van der Waals surface area contributed by atoms with E-state index in [2.05, 4.69) is 10.3 Å². The van der Waals surface area contributed by atoms with Gasteiger partial charge in [-0.05, 0) is 18.2 Å². The fourth-order valence-electron chi connectivity index (χ4n) is 1.52. The summed E-state index contributed by atoms with van der Waals surface area (Å²) in [7, 11) is -2.11. The Hall–Kier alpha value is -2.19. The second kappa shape index (κ2) is 4.82. The van der Waals surface area contributed by atoms with Crippen molar-refractivity contribution in [2.75, 3.05) is 5.32 Å². The molecule has 100 valence electrons. The van der Waals surface area contributed by atoms with Crippen LogP contribution in [0.15, 0.2) is 41.7 Å². The summed E-state index contributed by atoms with van der Waals surface area (Å²) in [5.74, 6) is -0.383. The second-order valence-corrected chi connectivity index (χ2v) is 5.48. The van der Waals surface area contributed by atoms with Crippen molar-refractivity contribution >= 4 is 21.6 Å². The molecule has 3 N–H and O–H groups in total. The van der Waals surface area contributed by atoms with Crippen LogP contribution < -0.4 is 10.5 Å². The molecule has 0 aliphatic rings. The molecule has 2 aromatic rings. The number of amides is 1. The highest BCUT2D eigenvalue weighted by Crippen LogP contribution is 2.15. The number of carbonyl (C=O) groups is 1. The van der Waals surface area contributed by atoms with Crippen LogP contribution in [-0.2, 0) is 17.1 Å². The number of imidazole rings is 1. The molecule has 19 heavy (non-hydrogen) atoms. The number of benzene rings is 1. The number of aryl methyl sites for hydroxylation is 1. The van der Waals surface area contributed by atoms with E-state index in [1.807, 2.05) is 0 Å². The van der Waals surface area contributed by atoms with Crippen LogP contribution in [0.5, 0.6) is 0 Å². The predicted molar refractivity (Wildman–Crippen MR) is 69.0 cm³/mol. The largest absolute Gasteiger partial charge is 0.330 e. The second-order valence-electron chi connectivity index (χ2n) is 3.92. The summed E-state index contributed by atoms with van der Waals surface area (Å²) in [5.41, 5.74) is 0.707. The van der Waals surface area contributed by atoms with E-state index in [4.69, 9.17) is 5.14 Å². The molecular formula is C11H12N4O3S. The maximum absolute atomic E-state index is 11.9. The molecule has 0 saturated heterocycles. The first kappa shape index (κ1) is 13.2. The summed E-state index contributed by atoms with van der Waals surface area (Å²) in [6, 6.07) is 5.72. The first-order chi connectivity index (χ1) is 8.88. The van der Waals surface area contributed by atoms with Crippen molar-refractivity contribution in [2.45, 2.75) is 4.90 Å². The molecule has 0 bridgehead atoms. The molecule has 1 aromatic heterocycles. The molecule has 1 aromatic carbocycles. The molecule has 0 saturated carbocycles. The zero-order valence-electron chi connectivity index (χ0n) is 10.1. The van der Waals surface area contributed by atoms with Crippen LogP contribution in [0.25, 0.3) is 0 Å². The maximum atomic E-state index is 11.9. The van der Waals surface area contributed by atoms with Gasteiger partial charge in [0.1, 0.15) is 5.69 Å². The van der Waals surface area contributed by atoms with Gasteiger partial charge in [0, 0.05) is 12.7 Å². The van der Waals surface area contributed by atoms with E-state index < -0.39 is 10.0 Å².